The molecule has 1 amide bonds. The van der Waals surface area contributed by atoms with Gasteiger partial charge in [0.1, 0.15) is 11.4 Å². The Labute approximate surface area is 152 Å². The number of carbonyl (C=O) groups excluding carboxylic acids is 1. The van der Waals surface area contributed by atoms with Gasteiger partial charge in [-0.25, -0.2) is 9.50 Å². The standard InChI is InChI=1S/C20H23N5O/c1-3-15-12-18(20(26)24-11-7-5-8-14(24)2)22-19-13-17(23-25(15)19)16-9-4-6-10-21-16/h4,6,9-10,12-14H,3,5,7-8,11H2,1-2H3/t14-/m1/s1. The third kappa shape index (κ3) is 2.96. The number of likely N-dealkylation sites (tertiary alicyclic amines) is 1. The summed E-state index contributed by atoms with van der Waals surface area (Å²) in [6.45, 7) is 5.00. The molecule has 26 heavy (non-hydrogen) atoms. The number of aromatic nitrogens is 4. The molecule has 0 N–H and O–H groups in total. The van der Waals surface area contributed by atoms with E-state index in [9.17, 15) is 4.79 Å². The number of carbonyl (C=O) groups is 1. The van der Waals surface area contributed by atoms with E-state index in [1.54, 1.807) is 6.20 Å². The third-order valence-corrected chi connectivity index (χ3v) is 5.07. The van der Waals surface area contributed by atoms with Gasteiger partial charge in [0, 0.05) is 30.5 Å². The molecular formula is C20H23N5O. The van der Waals surface area contributed by atoms with Gasteiger partial charge in [-0.3, -0.25) is 9.78 Å². The van der Waals surface area contributed by atoms with Crippen LogP contribution < -0.4 is 0 Å². The van der Waals surface area contributed by atoms with Crippen LogP contribution in [0.25, 0.3) is 17.0 Å². The minimum Gasteiger partial charge on any atom is -0.335 e. The topological polar surface area (TPSA) is 63.4 Å². The first kappa shape index (κ1) is 16.7. The molecule has 3 aromatic heterocycles. The second kappa shape index (κ2) is 6.86. The number of nitrogens with zero attached hydrogens (tertiary/aromatic N) is 5. The molecule has 134 valence electrons. The third-order valence-electron chi connectivity index (χ3n) is 5.07. The molecule has 1 fully saturated rings. The summed E-state index contributed by atoms with van der Waals surface area (Å²) in [5.41, 5.74) is 3.75. The van der Waals surface area contributed by atoms with Gasteiger partial charge >= 0.3 is 0 Å². The molecular weight excluding hydrogens is 326 g/mol. The van der Waals surface area contributed by atoms with Crippen LogP contribution in [0.2, 0.25) is 0 Å². The Kier molecular flexibility index (Phi) is 4.41. The maximum Gasteiger partial charge on any atom is 0.272 e. The van der Waals surface area contributed by atoms with Crippen molar-refractivity contribution >= 4 is 11.6 Å². The number of aryl methyl sites for hydroxylation is 1. The van der Waals surface area contributed by atoms with Crippen molar-refractivity contribution in [2.24, 2.45) is 0 Å². The number of amides is 1. The highest BCUT2D eigenvalue weighted by Crippen LogP contribution is 2.22. The van der Waals surface area contributed by atoms with E-state index in [0.717, 1.165) is 42.9 Å². The van der Waals surface area contributed by atoms with E-state index in [-0.39, 0.29) is 11.9 Å². The predicted molar refractivity (Wildman–Crippen MR) is 99.9 cm³/mol. The zero-order valence-corrected chi connectivity index (χ0v) is 15.2. The van der Waals surface area contributed by atoms with Crippen LogP contribution in [0.3, 0.4) is 0 Å². The van der Waals surface area contributed by atoms with Gasteiger partial charge in [0.05, 0.1) is 5.69 Å². The van der Waals surface area contributed by atoms with E-state index in [1.165, 1.54) is 6.42 Å². The smallest absolute Gasteiger partial charge is 0.272 e. The zero-order valence-electron chi connectivity index (χ0n) is 15.2. The molecule has 4 heterocycles. The highest BCUT2D eigenvalue weighted by Gasteiger charge is 2.26. The second-order valence-corrected chi connectivity index (χ2v) is 6.84. The van der Waals surface area contributed by atoms with E-state index in [2.05, 4.69) is 28.9 Å². The molecule has 6 heteroatoms. The molecule has 3 aromatic rings. The maximum atomic E-state index is 13.0. The number of pyridine rings is 1. The molecule has 6 nitrogen and oxygen atoms in total. The number of fused-ring (bicyclic) bond motifs is 1. The Bertz CT molecular complexity index is 934. The first-order valence-electron chi connectivity index (χ1n) is 9.29. The molecule has 4 rings (SSSR count). The van der Waals surface area contributed by atoms with Gasteiger partial charge in [-0.05, 0) is 50.8 Å². The van der Waals surface area contributed by atoms with Gasteiger partial charge in [0.15, 0.2) is 5.65 Å². The molecule has 1 aliphatic rings. The Morgan fingerprint density at radius 3 is 2.85 bits per heavy atom. The summed E-state index contributed by atoms with van der Waals surface area (Å²) in [5.74, 6) is 0.0231. The zero-order chi connectivity index (χ0) is 18.1. The maximum absolute atomic E-state index is 13.0. The van der Waals surface area contributed by atoms with E-state index >= 15 is 0 Å². The highest BCUT2D eigenvalue weighted by molar-refractivity contribution is 5.93. The molecule has 1 aliphatic heterocycles. The lowest BCUT2D eigenvalue weighted by molar-refractivity contribution is 0.0629. The van der Waals surface area contributed by atoms with Gasteiger partial charge in [0.25, 0.3) is 5.91 Å². The monoisotopic (exact) mass is 349 g/mol. The van der Waals surface area contributed by atoms with Crippen molar-refractivity contribution in [3.8, 4) is 11.4 Å². The fourth-order valence-corrected chi connectivity index (χ4v) is 3.58. The Hall–Kier alpha value is -2.76. The molecule has 0 spiro atoms. The quantitative estimate of drug-likeness (QED) is 0.727. The van der Waals surface area contributed by atoms with Crippen LogP contribution in [-0.2, 0) is 6.42 Å². The fourth-order valence-electron chi connectivity index (χ4n) is 3.58. The van der Waals surface area contributed by atoms with Crippen molar-refractivity contribution in [2.75, 3.05) is 6.54 Å². The molecule has 0 aromatic carbocycles. The van der Waals surface area contributed by atoms with Gasteiger partial charge in [-0.2, -0.15) is 5.10 Å². The van der Waals surface area contributed by atoms with Crippen LogP contribution >= 0.6 is 0 Å². The second-order valence-electron chi connectivity index (χ2n) is 6.84. The van der Waals surface area contributed by atoms with Crippen molar-refractivity contribution in [3.63, 3.8) is 0 Å². The van der Waals surface area contributed by atoms with Gasteiger partial charge in [0.2, 0.25) is 0 Å². The van der Waals surface area contributed by atoms with Crippen LogP contribution in [0.4, 0.5) is 0 Å². The summed E-state index contributed by atoms with van der Waals surface area (Å²) in [4.78, 5) is 24.0. The molecule has 1 atom stereocenters. The van der Waals surface area contributed by atoms with Crippen molar-refractivity contribution in [1.29, 1.82) is 0 Å². The van der Waals surface area contributed by atoms with E-state index < -0.39 is 0 Å². The minimum absolute atomic E-state index is 0.0231. The first-order chi connectivity index (χ1) is 12.7. The number of hydrogen-bond acceptors (Lipinski definition) is 4. The lowest BCUT2D eigenvalue weighted by Crippen LogP contribution is -2.42. The van der Waals surface area contributed by atoms with Crippen LogP contribution in [0, 0.1) is 0 Å². The fraction of sp³-hybridized carbons (Fsp3) is 0.400. The van der Waals surface area contributed by atoms with E-state index in [1.807, 2.05) is 39.7 Å². The Morgan fingerprint density at radius 2 is 2.12 bits per heavy atom. The molecule has 0 aliphatic carbocycles. The average molecular weight is 349 g/mol. The van der Waals surface area contributed by atoms with E-state index in [0.29, 0.717) is 11.3 Å². The Balaban J connectivity index is 1.76. The van der Waals surface area contributed by atoms with Crippen molar-refractivity contribution < 1.29 is 4.79 Å². The lowest BCUT2D eigenvalue weighted by atomic mass is 10.0. The first-order valence-corrected chi connectivity index (χ1v) is 9.29. The summed E-state index contributed by atoms with van der Waals surface area (Å²) in [6.07, 6.45) is 5.84. The predicted octanol–water partition coefficient (Wildman–Crippen LogP) is 3.37. The number of hydrogen-bond donors (Lipinski definition) is 0. The van der Waals surface area contributed by atoms with Gasteiger partial charge < -0.3 is 4.90 Å². The average Bonchev–Trinajstić information content (AvgIpc) is 3.12. The van der Waals surface area contributed by atoms with Gasteiger partial charge in [-0.1, -0.05) is 13.0 Å². The Morgan fingerprint density at radius 1 is 1.23 bits per heavy atom. The number of piperidine rings is 1. The minimum atomic E-state index is 0.0231. The van der Waals surface area contributed by atoms with Crippen molar-refractivity contribution in [2.45, 2.75) is 45.6 Å². The number of rotatable bonds is 3. The van der Waals surface area contributed by atoms with Gasteiger partial charge in [-0.15, -0.1) is 0 Å². The summed E-state index contributed by atoms with van der Waals surface area (Å²) >= 11 is 0. The van der Waals surface area contributed by atoms with Crippen molar-refractivity contribution in [1.82, 2.24) is 24.5 Å². The van der Waals surface area contributed by atoms with Crippen LogP contribution in [0.15, 0.2) is 36.5 Å². The molecule has 1 saturated heterocycles. The normalized spacial score (nSPS) is 17.6. The molecule has 0 unspecified atom stereocenters. The molecule has 0 saturated carbocycles. The highest BCUT2D eigenvalue weighted by atomic mass is 16.2. The molecule has 0 bridgehead atoms. The molecule has 0 radical (unpaired) electrons. The van der Waals surface area contributed by atoms with E-state index in [4.69, 9.17) is 0 Å². The van der Waals surface area contributed by atoms with Crippen LogP contribution in [-0.4, -0.2) is 43.0 Å². The summed E-state index contributed by atoms with van der Waals surface area (Å²) in [5, 5.41) is 4.65. The van der Waals surface area contributed by atoms with Crippen LogP contribution in [0.1, 0.15) is 49.3 Å². The largest absolute Gasteiger partial charge is 0.335 e. The van der Waals surface area contributed by atoms with Crippen molar-refractivity contribution in [3.05, 3.63) is 47.9 Å². The summed E-state index contributed by atoms with van der Waals surface area (Å²) in [6, 6.07) is 9.80. The SMILES string of the molecule is CCc1cc(C(=O)N2CCCC[C@H]2C)nc2cc(-c3ccccn3)nn12. The summed E-state index contributed by atoms with van der Waals surface area (Å²) in [7, 11) is 0. The lowest BCUT2D eigenvalue weighted by Gasteiger charge is -2.33. The summed E-state index contributed by atoms with van der Waals surface area (Å²) < 4.78 is 1.82. The van der Waals surface area contributed by atoms with Crippen LogP contribution in [0.5, 0.6) is 0 Å².